The second-order valence-corrected chi connectivity index (χ2v) is 21.9. The first-order valence-electron chi connectivity index (χ1n) is 28.0. The van der Waals surface area contributed by atoms with Crippen LogP contribution < -0.4 is 76.4 Å². The Hall–Kier alpha value is -8.52. The number of nitrogens with zero attached hydrogens (tertiary/aromatic N) is 3. The van der Waals surface area contributed by atoms with E-state index < -0.39 is 113 Å². The third kappa shape index (κ3) is 25.9. The predicted molar refractivity (Wildman–Crippen MR) is 312 cm³/mol. The largest absolute Gasteiger partial charge is 0.494 e. The van der Waals surface area contributed by atoms with Gasteiger partial charge in [0.05, 0.1) is 13.0 Å². The van der Waals surface area contributed by atoms with E-state index in [9.17, 15) is 47.9 Å². The molecule has 458 valence electrons. The molecule has 1 fully saturated rings. The summed E-state index contributed by atoms with van der Waals surface area (Å²) in [6.45, 7) is 11.7. The molecular formula is C56H88N16O11. The first kappa shape index (κ1) is 68.8. The van der Waals surface area contributed by atoms with Gasteiger partial charge in [-0.3, -0.25) is 57.9 Å². The van der Waals surface area contributed by atoms with Crippen molar-refractivity contribution in [2.75, 3.05) is 32.8 Å². The van der Waals surface area contributed by atoms with Gasteiger partial charge in [-0.25, -0.2) is 0 Å². The summed E-state index contributed by atoms with van der Waals surface area (Å²) in [4.78, 5) is 144. The van der Waals surface area contributed by atoms with E-state index in [2.05, 4.69) is 47.2 Å². The third-order valence-corrected chi connectivity index (χ3v) is 13.1. The zero-order chi connectivity index (χ0) is 61.8. The number of aliphatic imine (C=N–C) groups is 2. The van der Waals surface area contributed by atoms with Gasteiger partial charge in [-0.15, -0.1) is 0 Å². The van der Waals surface area contributed by atoms with Crippen LogP contribution in [-0.2, 0) is 60.8 Å². The molecule has 1 aliphatic heterocycles. The van der Waals surface area contributed by atoms with E-state index in [1.807, 2.05) is 27.7 Å². The molecule has 0 bridgehead atoms. The molecule has 10 amide bonds. The smallest absolute Gasteiger partial charge is 0.243 e. The summed E-state index contributed by atoms with van der Waals surface area (Å²) in [5, 5.41) is 18.8. The number of rotatable bonds is 35. The van der Waals surface area contributed by atoms with Crippen LogP contribution in [0, 0.1) is 11.3 Å². The maximum Gasteiger partial charge on any atom is 0.243 e. The molecular weight excluding hydrogens is 1070 g/mol. The van der Waals surface area contributed by atoms with Crippen molar-refractivity contribution < 1.29 is 52.7 Å². The molecule has 1 saturated heterocycles. The zero-order valence-corrected chi connectivity index (χ0v) is 48.6. The molecule has 27 nitrogen and oxygen atoms in total. The molecule has 0 unspecified atom stereocenters. The number of likely N-dealkylation sites (tertiary alicyclic amines) is 1. The highest BCUT2D eigenvalue weighted by molar-refractivity contribution is 5.97. The Balaban J connectivity index is 1.71. The van der Waals surface area contributed by atoms with Crippen molar-refractivity contribution in [3.63, 3.8) is 0 Å². The lowest BCUT2D eigenvalue weighted by atomic mass is 9.91. The summed E-state index contributed by atoms with van der Waals surface area (Å²) in [7, 11) is 0. The van der Waals surface area contributed by atoms with E-state index in [-0.39, 0.29) is 102 Å². The lowest BCUT2D eigenvalue weighted by molar-refractivity contribution is -0.139. The van der Waals surface area contributed by atoms with Gasteiger partial charge in [-0.1, -0.05) is 77.1 Å². The first-order valence-corrected chi connectivity index (χ1v) is 28.0. The topological polar surface area (TPSA) is 448 Å². The first-order chi connectivity index (χ1) is 39.2. The molecule has 27 heteroatoms. The second-order valence-electron chi connectivity index (χ2n) is 21.9. The van der Waals surface area contributed by atoms with Crippen molar-refractivity contribution in [2.45, 2.75) is 161 Å². The Labute approximate surface area is 485 Å². The van der Waals surface area contributed by atoms with Crippen LogP contribution in [0.15, 0.2) is 64.6 Å². The Morgan fingerprint density at radius 2 is 1.18 bits per heavy atom. The lowest BCUT2D eigenvalue weighted by Gasteiger charge is -2.28. The van der Waals surface area contributed by atoms with Crippen molar-refractivity contribution in [1.29, 1.82) is 0 Å². The fraction of sp³-hybridized carbons (Fsp3) is 0.571. The molecule has 0 spiro atoms. The minimum atomic E-state index is -1.51. The molecule has 0 aromatic heterocycles. The fourth-order valence-electron chi connectivity index (χ4n) is 9.01. The van der Waals surface area contributed by atoms with Crippen LogP contribution in [0.3, 0.4) is 0 Å². The molecule has 2 aromatic rings. The monoisotopic (exact) mass is 1160 g/mol. The standard InChI is InChI=1S/C56H88N16O11/c1-7-83-36-23-21-35(22-24-36)30-39(66-44(74)32-56(4,5)6)50(79)69-40(29-34-15-9-8-10-16-34)51(80)71-46(33(2)3)53(82)70-41(31-43(57)73)48(77)63-25-13-20-45(75)72-28-14-19-42(72)52(81)68-38(18-12-27-65-55(61)62)49(78)67-37(47(58)76)17-11-26-64-54(59)60/h8-10,15-16,21-24,33,37-42,46H,7,11-14,17-20,25-32H2,1-6H3,(H2,57,73)(H2,58,76)(H,63,77)(H,66,74)(H,67,78)(H,68,81)(H,69,79)(H,70,82)(H,71,80)(H4,59,60,64)(H4,61,62,65)/t37-,38-,39+,40-,41-,42+,46-/m0/s1. The number of carbonyl (C=O) groups excluding carboxylic acids is 10. The van der Waals surface area contributed by atoms with Crippen LogP contribution in [0.4, 0.5) is 0 Å². The van der Waals surface area contributed by atoms with E-state index in [0.717, 1.165) is 0 Å². The van der Waals surface area contributed by atoms with Gasteiger partial charge >= 0.3 is 0 Å². The third-order valence-electron chi connectivity index (χ3n) is 13.1. The van der Waals surface area contributed by atoms with Crippen LogP contribution in [0.2, 0.25) is 0 Å². The predicted octanol–water partition coefficient (Wildman–Crippen LogP) is -1.77. The SMILES string of the molecule is CCOc1ccc(C[C@@H](NC(=O)CC(C)(C)C)C(=O)N[C@@H](Cc2ccccc2)C(=O)N[C@H](C(=O)N[C@@H](CC(N)=O)C(=O)NCCCC(=O)N2CCC[C@@H]2C(=O)N[C@@H](CCCN=C(N)N)C(=O)N[C@@H](CCCN=C(N)N)C(N)=O)C(C)C)cc1. The van der Waals surface area contributed by atoms with Crippen LogP contribution in [0.5, 0.6) is 5.75 Å². The zero-order valence-electron chi connectivity index (χ0n) is 48.6. The maximum absolute atomic E-state index is 14.4. The molecule has 83 heavy (non-hydrogen) atoms. The maximum atomic E-state index is 14.4. The summed E-state index contributed by atoms with van der Waals surface area (Å²) >= 11 is 0. The van der Waals surface area contributed by atoms with Crippen molar-refractivity contribution in [3.05, 3.63) is 65.7 Å². The van der Waals surface area contributed by atoms with Gasteiger partial charge in [0.2, 0.25) is 59.1 Å². The van der Waals surface area contributed by atoms with Crippen LogP contribution in [0.1, 0.15) is 117 Å². The number of nitrogens with one attached hydrogen (secondary N) is 7. The van der Waals surface area contributed by atoms with E-state index in [1.54, 1.807) is 68.4 Å². The average Bonchev–Trinajstić information content (AvgIpc) is 3.98. The van der Waals surface area contributed by atoms with Gasteiger partial charge in [0, 0.05) is 51.9 Å². The Bertz CT molecular complexity index is 2570. The normalized spacial score (nSPS) is 15.1. The second kappa shape index (κ2) is 34.7. The molecule has 7 atom stereocenters. The van der Waals surface area contributed by atoms with Gasteiger partial charge in [-0.05, 0) is 86.5 Å². The summed E-state index contributed by atoms with van der Waals surface area (Å²) in [5.74, 6) is -7.19. The number of nitrogens with two attached hydrogens (primary N) is 6. The van der Waals surface area contributed by atoms with Crippen molar-refractivity contribution in [3.8, 4) is 5.75 Å². The number of ether oxygens (including phenoxy) is 1. The van der Waals surface area contributed by atoms with Crippen molar-refractivity contribution >= 4 is 71.0 Å². The van der Waals surface area contributed by atoms with Crippen LogP contribution in [0.25, 0.3) is 0 Å². The van der Waals surface area contributed by atoms with E-state index in [4.69, 9.17) is 39.1 Å². The minimum Gasteiger partial charge on any atom is -0.494 e. The molecule has 2 aromatic carbocycles. The van der Waals surface area contributed by atoms with Crippen LogP contribution >= 0.6 is 0 Å². The minimum absolute atomic E-state index is 0.00944. The summed E-state index contributed by atoms with van der Waals surface area (Å²) < 4.78 is 5.57. The Morgan fingerprint density at radius 3 is 1.73 bits per heavy atom. The Kier molecular flexibility index (Phi) is 28.7. The van der Waals surface area contributed by atoms with E-state index in [1.165, 1.54) is 4.90 Å². The van der Waals surface area contributed by atoms with Gasteiger partial charge < -0.3 is 81.3 Å². The Morgan fingerprint density at radius 1 is 0.639 bits per heavy atom. The highest BCUT2D eigenvalue weighted by Gasteiger charge is 2.37. The fourth-order valence-corrected chi connectivity index (χ4v) is 9.01. The lowest BCUT2D eigenvalue weighted by Crippen LogP contribution is -2.60. The molecule has 0 saturated carbocycles. The number of carbonyl (C=O) groups is 10. The molecule has 19 N–H and O–H groups in total. The van der Waals surface area contributed by atoms with Gasteiger partial charge in [0.25, 0.3) is 0 Å². The molecule has 1 heterocycles. The number of hydrogen-bond donors (Lipinski definition) is 13. The number of hydrogen-bond acceptors (Lipinski definition) is 13. The average molecular weight is 1160 g/mol. The van der Waals surface area contributed by atoms with Crippen molar-refractivity contribution in [1.82, 2.24) is 42.1 Å². The summed E-state index contributed by atoms with van der Waals surface area (Å²) in [5.41, 5.74) is 33.7. The van der Waals surface area contributed by atoms with Crippen molar-refractivity contribution in [2.24, 2.45) is 55.7 Å². The van der Waals surface area contributed by atoms with E-state index >= 15 is 0 Å². The number of guanidine groups is 2. The van der Waals surface area contributed by atoms with Crippen LogP contribution in [-0.4, -0.2) is 151 Å². The molecule has 1 aliphatic rings. The highest BCUT2D eigenvalue weighted by atomic mass is 16.5. The number of benzene rings is 2. The quantitative estimate of drug-likeness (QED) is 0.0206. The van der Waals surface area contributed by atoms with Gasteiger partial charge in [-0.2, -0.15) is 0 Å². The molecule has 3 rings (SSSR count). The number of primary amides is 2. The molecule has 0 aliphatic carbocycles. The molecule has 0 radical (unpaired) electrons. The highest BCUT2D eigenvalue weighted by Crippen LogP contribution is 2.21. The summed E-state index contributed by atoms with van der Waals surface area (Å²) in [6, 6.07) is 7.50. The summed E-state index contributed by atoms with van der Waals surface area (Å²) in [6.07, 6.45) is 0.970. The van der Waals surface area contributed by atoms with Gasteiger partial charge in [0.15, 0.2) is 11.9 Å². The number of amides is 10. The van der Waals surface area contributed by atoms with Gasteiger partial charge in [0.1, 0.15) is 48.0 Å². The van der Waals surface area contributed by atoms with E-state index in [0.29, 0.717) is 36.3 Å².